The van der Waals surface area contributed by atoms with E-state index in [1.807, 2.05) is 31.2 Å². The van der Waals surface area contributed by atoms with Gasteiger partial charge in [-0.2, -0.15) is 21.0 Å². The minimum atomic E-state index is -1.52. The van der Waals surface area contributed by atoms with Crippen molar-refractivity contribution < 1.29 is 0 Å². The van der Waals surface area contributed by atoms with Crippen LogP contribution in [0.1, 0.15) is 6.92 Å². The van der Waals surface area contributed by atoms with Crippen LogP contribution in [-0.4, -0.2) is 0 Å². The number of nitrogens with zero attached hydrogens (tertiary/aromatic N) is 4. The first-order valence-electron chi connectivity index (χ1n) is 4.97. The molecule has 0 amide bonds. The summed E-state index contributed by atoms with van der Waals surface area (Å²) >= 11 is 0. The van der Waals surface area contributed by atoms with Gasteiger partial charge < -0.3 is 0 Å². The molecule has 2 bridgehead atoms. The molecule has 1 saturated carbocycles. The Bertz CT molecular complexity index is 455. The Morgan fingerprint density at radius 2 is 1.12 bits per heavy atom. The Morgan fingerprint density at radius 1 is 0.812 bits per heavy atom. The van der Waals surface area contributed by atoms with Crippen LogP contribution in [0, 0.1) is 73.9 Å². The zero-order valence-electron chi connectivity index (χ0n) is 8.68. The van der Waals surface area contributed by atoms with E-state index in [1.54, 1.807) is 12.2 Å². The molecule has 0 saturated heterocycles. The summed E-state index contributed by atoms with van der Waals surface area (Å²) in [6.45, 7) is 1.88. The Hall–Kier alpha value is -2.30. The van der Waals surface area contributed by atoms with Crippen LogP contribution in [0.5, 0.6) is 0 Å². The largest absolute Gasteiger partial charge is 0.196 e. The van der Waals surface area contributed by atoms with E-state index in [4.69, 9.17) is 0 Å². The molecule has 0 aromatic carbocycles. The summed E-state index contributed by atoms with van der Waals surface area (Å²) in [5, 5.41) is 37.0. The van der Waals surface area contributed by atoms with Crippen molar-refractivity contribution in [3.8, 4) is 24.3 Å². The van der Waals surface area contributed by atoms with E-state index >= 15 is 0 Å². The molecule has 76 valence electrons. The Labute approximate surface area is 93.6 Å². The first-order chi connectivity index (χ1) is 7.63. The molecule has 3 atom stereocenters. The summed E-state index contributed by atoms with van der Waals surface area (Å²) in [4.78, 5) is 0. The highest BCUT2D eigenvalue weighted by Gasteiger charge is 2.72. The molecule has 2 aliphatic carbocycles. The molecule has 4 heteroatoms. The molecule has 4 nitrogen and oxygen atoms in total. The predicted molar refractivity (Wildman–Crippen MR) is 52.6 cm³/mol. The van der Waals surface area contributed by atoms with Crippen molar-refractivity contribution in [2.24, 2.45) is 28.6 Å². The third kappa shape index (κ3) is 0.701. The summed E-state index contributed by atoms with van der Waals surface area (Å²) in [5.74, 6) is -0.628. The van der Waals surface area contributed by atoms with Crippen molar-refractivity contribution in [3.05, 3.63) is 12.2 Å². The van der Waals surface area contributed by atoms with E-state index in [0.717, 1.165) is 0 Å². The van der Waals surface area contributed by atoms with Gasteiger partial charge in [0.2, 0.25) is 0 Å². The molecule has 0 spiro atoms. The minimum Gasteiger partial charge on any atom is -0.196 e. The van der Waals surface area contributed by atoms with E-state index in [2.05, 4.69) is 0 Å². The third-order valence-electron chi connectivity index (χ3n) is 3.99. The van der Waals surface area contributed by atoms with Gasteiger partial charge in [-0.1, -0.05) is 19.1 Å². The van der Waals surface area contributed by atoms with Gasteiger partial charge in [0.05, 0.1) is 24.3 Å². The van der Waals surface area contributed by atoms with Crippen molar-refractivity contribution in [1.29, 1.82) is 21.0 Å². The molecule has 2 aliphatic rings. The van der Waals surface area contributed by atoms with Crippen molar-refractivity contribution in [3.63, 3.8) is 0 Å². The fraction of sp³-hybridized carbons (Fsp3) is 0.500. The number of rotatable bonds is 0. The molecule has 16 heavy (non-hydrogen) atoms. The van der Waals surface area contributed by atoms with Crippen LogP contribution in [0.2, 0.25) is 0 Å². The normalized spacial score (nSPS) is 35.7. The second kappa shape index (κ2) is 2.85. The predicted octanol–water partition coefficient (Wildman–Crippen LogP) is 1.51. The molecule has 0 aliphatic heterocycles. The van der Waals surface area contributed by atoms with E-state index in [0.29, 0.717) is 0 Å². The molecule has 0 N–H and O–H groups in total. The van der Waals surface area contributed by atoms with Gasteiger partial charge in [-0.15, -0.1) is 0 Å². The van der Waals surface area contributed by atoms with Crippen LogP contribution in [-0.2, 0) is 0 Å². The first kappa shape index (κ1) is 10.2. The second-order valence-electron chi connectivity index (χ2n) is 4.36. The van der Waals surface area contributed by atoms with E-state index in [-0.39, 0.29) is 17.8 Å². The number of hydrogen-bond donors (Lipinski definition) is 0. The highest BCUT2D eigenvalue weighted by atomic mass is 14.7. The molecule has 1 fully saturated rings. The fourth-order valence-corrected chi connectivity index (χ4v) is 3.12. The highest BCUT2D eigenvalue weighted by molar-refractivity contribution is 5.47. The summed E-state index contributed by atoms with van der Waals surface area (Å²) in [7, 11) is 0. The van der Waals surface area contributed by atoms with Gasteiger partial charge in [-0.05, 0) is 5.92 Å². The van der Waals surface area contributed by atoms with E-state index in [9.17, 15) is 21.0 Å². The van der Waals surface area contributed by atoms with Gasteiger partial charge in [-0.3, -0.25) is 0 Å². The van der Waals surface area contributed by atoms with Crippen LogP contribution in [0.3, 0.4) is 0 Å². The SMILES string of the molecule is CC1[C@H]2C=C[C@@H]1C(C#N)(C#N)C2(C#N)C#N. The van der Waals surface area contributed by atoms with Crippen LogP contribution < -0.4 is 0 Å². The lowest BCUT2D eigenvalue weighted by atomic mass is 9.61. The maximum atomic E-state index is 9.25. The zero-order chi connectivity index (χ0) is 12.0. The van der Waals surface area contributed by atoms with E-state index < -0.39 is 10.8 Å². The second-order valence-corrected chi connectivity index (χ2v) is 4.36. The maximum absolute atomic E-state index is 9.25. The molecule has 2 rings (SSSR count). The van der Waals surface area contributed by atoms with Crippen LogP contribution >= 0.6 is 0 Å². The third-order valence-corrected chi connectivity index (χ3v) is 3.99. The minimum absolute atomic E-state index is 0.00130. The zero-order valence-corrected chi connectivity index (χ0v) is 8.68. The topological polar surface area (TPSA) is 95.2 Å². The van der Waals surface area contributed by atoms with Crippen LogP contribution in [0.25, 0.3) is 0 Å². The monoisotopic (exact) mass is 208 g/mol. The summed E-state index contributed by atoms with van der Waals surface area (Å²) in [6, 6.07) is 7.70. The van der Waals surface area contributed by atoms with Crippen molar-refractivity contribution in [2.45, 2.75) is 6.92 Å². The Balaban J connectivity index is 2.78. The highest BCUT2D eigenvalue weighted by Crippen LogP contribution is 2.65. The fourth-order valence-electron chi connectivity index (χ4n) is 3.12. The summed E-state index contributed by atoms with van der Waals surface area (Å²) < 4.78 is 0. The van der Waals surface area contributed by atoms with Crippen LogP contribution in [0.4, 0.5) is 0 Å². The molecule has 0 aromatic heterocycles. The lowest BCUT2D eigenvalue weighted by Crippen LogP contribution is -2.41. The lowest BCUT2D eigenvalue weighted by Gasteiger charge is -2.31. The number of hydrogen-bond acceptors (Lipinski definition) is 4. The quantitative estimate of drug-likeness (QED) is 0.563. The van der Waals surface area contributed by atoms with Gasteiger partial charge in [0, 0.05) is 11.8 Å². The van der Waals surface area contributed by atoms with Gasteiger partial charge >= 0.3 is 0 Å². The average molecular weight is 208 g/mol. The molecule has 0 heterocycles. The molecule has 0 radical (unpaired) electrons. The molecule has 0 aromatic rings. The Morgan fingerprint density at radius 3 is 1.38 bits per heavy atom. The van der Waals surface area contributed by atoms with Crippen molar-refractivity contribution in [1.82, 2.24) is 0 Å². The van der Waals surface area contributed by atoms with Gasteiger partial charge in [0.1, 0.15) is 0 Å². The van der Waals surface area contributed by atoms with Gasteiger partial charge in [0.15, 0.2) is 10.8 Å². The van der Waals surface area contributed by atoms with Gasteiger partial charge in [0.25, 0.3) is 0 Å². The van der Waals surface area contributed by atoms with Gasteiger partial charge in [-0.25, -0.2) is 0 Å². The van der Waals surface area contributed by atoms with E-state index in [1.165, 1.54) is 0 Å². The number of fused-ring (bicyclic) bond motifs is 2. The lowest BCUT2D eigenvalue weighted by molar-refractivity contribution is 0.276. The standard InChI is InChI=1S/C12H8N4/c1-8-9-2-3-10(8)12(6-15,7-16)11(9,4-13)5-14/h2-3,8-10H,1H3/t8?,9-,10+. The summed E-state index contributed by atoms with van der Waals surface area (Å²) in [6.07, 6.45) is 3.60. The molecular formula is C12H8N4. The number of allylic oxidation sites excluding steroid dienone is 2. The maximum Gasteiger partial charge on any atom is 0.182 e. The summed E-state index contributed by atoms with van der Waals surface area (Å²) in [5.41, 5.74) is -3.04. The smallest absolute Gasteiger partial charge is 0.182 e. The number of nitriles is 4. The van der Waals surface area contributed by atoms with Crippen molar-refractivity contribution >= 4 is 0 Å². The van der Waals surface area contributed by atoms with Crippen molar-refractivity contribution in [2.75, 3.05) is 0 Å². The average Bonchev–Trinajstić information content (AvgIpc) is 2.79. The Kier molecular flexibility index (Phi) is 1.82. The first-order valence-corrected chi connectivity index (χ1v) is 4.97. The molecular weight excluding hydrogens is 200 g/mol. The molecule has 1 unspecified atom stereocenters. The van der Waals surface area contributed by atoms with Crippen LogP contribution in [0.15, 0.2) is 12.2 Å².